The van der Waals surface area contributed by atoms with Gasteiger partial charge in [0.2, 0.25) is 0 Å². The molecule has 0 saturated heterocycles. The van der Waals surface area contributed by atoms with E-state index in [1.807, 2.05) is 6.92 Å². The SMILES string of the molecule is CCOc1ccccc1NC(=O)[C@H](C)Oc1ccc(OC)cc1[N+](=O)[O-]. The zero-order valence-corrected chi connectivity index (χ0v) is 14.7. The minimum Gasteiger partial charge on any atom is -0.496 e. The van der Waals surface area contributed by atoms with E-state index in [9.17, 15) is 14.9 Å². The molecular weight excluding hydrogens is 340 g/mol. The van der Waals surface area contributed by atoms with Crippen molar-refractivity contribution in [1.29, 1.82) is 0 Å². The molecule has 0 aliphatic heterocycles. The number of nitro benzene ring substituents is 1. The maximum Gasteiger partial charge on any atom is 0.314 e. The van der Waals surface area contributed by atoms with Crippen molar-refractivity contribution in [2.75, 3.05) is 19.0 Å². The highest BCUT2D eigenvalue weighted by Crippen LogP contribution is 2.32. The van der Waals surface area contributed by atoms with Crippen molar-refractivity contribution in [3.8, 4) is 17.2 Å². The van der Waals surface area contributed by atoms with Gasteiger partial charge in [0.15, 0.2) is 11.9 Å². The molecular formula is C18H20N2O6. The van der Waals surface area contributed by atoms with Gasteiger partial charge >= 0.3 is 5.69 Å². The molecule has 1 N–H and O–H groups in total. The van der Waals surface area contributed by atoms with Crippen molar-refractivity contribution in [1.82, 2.24) is 0 Å². The Morgan fingerprint density at radius 2 is 1.96 bits per heavy atom. The molecule has 8 nitrogen and oxygen atoms in total. The zero-order valence-electron chi connectivity index (χ0n) is 14.7. The first-order valence-corrected chi connectivity index (χ1v) is 7.98. The predicted molar refractivity (Wildman–Crippen MR) is 96.0 cm³/mol. The smallest absolute Gasteiger partial charge is 0.314 e. The molecule has 8 heteroatoms. The molecule has 0 heterocycles. The first kappa shape index (κ1) is 19.0. The first-order valence-electron chi connectivity index (χ1n) is 7.98. The van der Waals surface area contributed by atoms with Crippen LogP contribution >= 0.6 is 0 Å². The van der Waals surface area contributed by atoms with Gasteiger partial charge in [-0.3, -0.25) is 14.9 Å². The fourth-order valence-corrected chi connectivity index (χ4v) is 2.20. The number of nitrogens with one attached hydrogen (secondary N) is 1. The van der Waals surface area contributed by atoms with E-state index in [0.29, 0.717) is 23.8 Å². The second kappa shape index (κ2) is 8.70. The summed E-state index contributed by atoms with van der Waals surface area (Å²) in [6.45, 7) is 3.80. The Morgan fingerprint density at radius 3 is 2.62 bits per heavy atom. The van der Waals surface area contributed by atoms with Crippen molar-refractivity contribution in [2.24, 2.45) is 0 Å². The Labute approximate surface area is 150 Å². The number of nitrogens with zero attached hydrogens (tertiary/aromatic N) is 1. The van der Waals surface area contributed by atoms with E-state index in [2.05, 4.69) is 5.32 Å². The van der Waals surface area contributed by atoms with Gasteiger partial charge in [-0.1, -0.05) is 12.1 Å². The molecule has 0 aliphatic carbocycles. The number of para-hydroxylation sites is 2. The van der Waals surface area contributed by atoms with Gasteiger partial charge in [0.1, 0.15) is 11.5 Å². The van der Waals surface area contributed by atoms with E-state index in [1.165, 1.54) is 32.2 Å². The monoisotopic (exact) mass is 360 g/mol. The number of amides is 1. The minimum atomic E-state index is -0.961. The Morgan fingerprint density at radius 1 is 1.23 bits per heavy atom. The maximum atomic E-state index is 12.4. The largest absolute Gasteiger partial charge is 0.496 e. The molecule has 138 valence electrons. The highest BCUT2D eigenvalue weighted by atomic mass is 16.6. The van der Waals surface area contributed by atoms with Crippen molar-refractivity contribution in [2.45, 2.75) is 20.0 Å². The van der Waals surface area contributed by atoms with Crippen LogP contribution in [0.5, 0.6) is 17.2 Å². The summed E-state index contributed by atoms with van der Waals surface area (Å²) >= 11 is 0. The number of benzene rings is 2. The third-order valence-corrected chi connectivity index (χ3v) is 3.48. The van der Waals surface area contributed by atoms with Crippen LogP contribution in [0.25, 0.3) is 0 Å². The lowest BCUT2D eigenvalue weighted by molar-refractivity contribution is -0.386. The van der Waals surface area contributed by atoms with Crippen molar-refractivity contribution < 1.29 is 23.9 Å². The lowest BCUT2D eigenvalue weighted by atomic mass is 10.2. The molecule has 2 aromatic rings. The molecule has 0 aromatic heterocycles. The number of carbonyl (C=O) groups is 1. The van der Waals surface area contributed by atoms with Crippen LogP contribution in [-0.2, 0) is 4.79 Å². The number of carbonyl (C=O) groups excluding carboxylic acids is 1. The predicted octanol–water partition coefficient (Wildman–Crippen LogP) is 3.41. The van der Waals surface area contributed by atoms with Gasteiger partial charge in [-0.05, 0) is 38.1 Å². The standard InChI is InChI=1S/C18H20N2O6/c1-4-25-16-8-6-5-7-14(16)19-18(21)12(2)26-17-10-9-13(24-3)11-15(17)20(22)23/h5-12H,4H2,1-3H3,(H,19,21)/t12-/m0/s1. The molecule has 26 heavy (non-hydrogen) atoms. The Kier molecular flexibility index (Phi) is 6.37. The third-order valence-electron chi connectivity index (χ3n) is 3.48. The highest BCUT2D eigenvalue weighted by Gasteiger charge is 2.22. The Bertz CT molecular complexity index is 793. The van der Waals surface area contributed by atoms with Gasteiger partial charge in [-0.25, -0.2) is 0 Å². The number of anilines is 1. The number of ether oxygens (including phenoxy) is 3. The van der Waals surface area contributed by atoms with E-state index in [1.54, 1.807) is 24.3 Å². The molecule has 2 rings (SSSR count). The highest BCUT2D eigenvalue weighted by molar-refractivity contribution is 5.95. The fraction of sp³-hybridized carbons (Fsp3) is 0.278. The minimum absolute atomic E-state index is 0.0171. The summed E-state index contributed by atoms with van der Waals surface area (Å²) in [6, 6.07) is 11.2. The Hall–Kier alpha value is -3.29. The molecule has 0 fully saturated rings. The lowest BCUT2D eigenvalue weighted by Gasteiger charge is -2.16. The second-order valence-corrected chi connectivity index (χ2v) is 5.27. The molecule has 1 atom stereocenters. The summed E-state index contributed by atoms with van der Waals surface area (Å²) in [6.07, 6.45) is -0.961. The van der Waals surface area contributed by atoms with E-state index in [-0.39, 0.29) is 11.4 Å². The molecule has 0 spiro atoms. The van der Waals surface area contributed by atoms with E-state index < -0.39 is 16.9 Å². The van der Waals surface area contributed by atoms with Crippen molar-refractivity contribution >= 4 is 17.3 Å². The number of hydrogen-bond donors (Lipinski definition) is 1. The zero-order chi connectivity index (χ0) is 19.1. The number of hydrogen-bond acceptors (Lipinski definition) is 6. The summed E-state index contributed by atoms with van der Waals surface area (Å²) < 4.78 is 15.9. The van der Waals surface area contributed by atoms with Crippen LogP contribution in [0.4, 0.5) is 11.4 Å². The van der Waals surface area contributed by atoms with Crippen molar-refractivity contribution in [3.05, 3.63) is 52.6 Å². The van der Waals surface area contributed by atoms with E-state index in [0.717, 1.165) is 0 Å². The van der Waals surface area contributed by atoms with Crippen LogP contribution < -0.4 is 19.5 Å². The number of methoxy groups -OCH3 is 1. The summed E-state index contributed by atoms with van der Waals surface area (Å²) in [7, 11) is 1.41. The van der Waals surface area contributed by atoms with Crippen LogP contribution in [-0.4, -0.2) is 30.7 Å². The number of nitro groups is 1. The van der Waals surface area contributed by atoms with Gasteiger partial charge in [0.05, 0.1) is 30.4 Å². The fourth-order valence-electron chi connectivity index (χ4n) is 2.20. The van der Waals surface area contributed by atoms with Gasteiger partial charge in [-0.2, -0.15) is 0 Å². The maximum absolute atomic E-state index is 12.4. The normalized spacial score (nSPS) is 11.3. The van der Waals surface area contributed by atoms with Crippen LogP contribution in [0.1, 0.15) is 13.8 Å². The molecule has 1 amide bonds. The molecule has 0 aliphatic rings. The van der Waals surface area contributed by atoms with Gasteiger partial charge in [0.25, 0.3) is 5.91 Å². The van der Waals surface area contributed by atoms with Gasteiger partial charge < -0.3 is 19.5 Å². The third kappa shape index (κ3) is 4.62. The molecule has 0 saturated carbocycles. The summed E-state index contributed by atoms with van der Waals surface area (Å²) in [5.74, 6) is 0.386. The average molecular weight is 360 g/mol. The topological polar surface area (TPSA) is 99.9 Å². The quantitative estimate of drug-likeness (QED) is 0.572. The van der Waals surface area contributed by atoms with Gasteiger partial charge in [-0.15, -0.1) is 0 Å². The first-order chi connectivity index (χ1) is 12.5. The van der Waals surface area contributed by atoms with Crippen LogP contribution in [0.15, 0.2) is 42.5 Å². The number of rotatable bonds is 8. The summed E-state index contributed by atoms with van der Waals surface area (Å²) in [4.78, 5) is 23.0. The molecule has 0 bridgehead atoms. The van der Waals surface area contributed by atoms with Crippen LogP contribution in [0, 0.1) is 10.1 Å². The second-order valence-electron chi connectivity index (χ2n) is 5.27. The molecule has 2 aromatic carbocycles. The summed E-state index contributed by atoms with van der Waals surface area (Å²) in [5, 5.41) is 13.9. The lowest BCUT2D eigenvalue weighted by Crippen LogP contribution is -2.30. The molecule has 0 unspecified atom stereocenters. The Balaban J connectivity index is 2.14. The van der Waals surface area contributed by atoms with Crippen molar-refractivity contribution in [3.63, 3.8) is 0 Å². The summed E-state index contributed by atoms with van der Waals surface area (Å²) in [5.41, 5.74) is 0.220. The average Bonchev–Trinajstić information content (AvgIpc) is 2.63. The van der Waals surface area contributed by atoms with E-state index in [4.69, 9.17) is 14.2 Å². The van der Waals surface area contributed by atoms with Crippen LogP contribution in [0.3, 0.4) is 0 Å². The van der Waals surface area contributed by atoms with E-state index >= 15 is 0 Å². The van der Waals surface area contributed by atoms with Crippen LogP contribution in [0.2, 0.25) is 0 Å². The van der Waals surface area contributed by atoms with Gasteiger partial charge in [0, 0.05) is 0 Å². The molecule has 0 radical (unpaired) electrons.